The summed E-state index contributed by atoms with van der Waals surface area (Å²) in [7, 11) is 0. The van der Waals surface area contributed by atoms with Gasteiger partial charge in [0.25, 0.3) is 0 Å². The molecule has 0 unspecified atom stereocenters. The summed E-state index contributed by atoms with van der Waals surface area (Å²) >= 11 is 0. The fourth-order valence-electron chi connectivity index (χ4n) is 2.00. The van der Waals surface area contributed by atoms with Gasteiger partial charge in [0.05, 0.1) is 0 Å². The summed E-state index contributed by atoms with van der Waals surface area (Å²) in [5, 5.41) is 10.2. The zero-order chi connectivity index (χ0) is 9.97. The normalized spacial score (nSPS) is 14.0. The van der Waals surface area contributed by atoms with E-state index in [4.69, 9.17) is 0 Å². The van der Waals surface area contributed by atoms with Crippen molar-refractivity contribution in [2.45, 2.75) is 25.7 Å². The Morgan fingerprint density at radius 1 is 1.29 bits per heavy atom. The van der Waals surface area contributed by atoms with Gasteiger partial charge < -0.3 is 0 Å². The van der Waals surface area contributed by atoms with Gasteiger partial charge in [-0.15, -0.1) is 0 Å². The first kappa shape index (κ1) is 9.19. The van der Waals surface area contributed by atoms with E-state index in [-0.39, 0.29) is 11.5 Å². The van der Waals surface area contributed by atoms with E-state index in [9.17, 15) is 10.1 Å². The van der Waals surface area contributed by atoms with Crippen LogP contribution in [0.15, 0.2) is 18.2 Å². The van der Waals surface area contributed by atoms with E-state index in [1.54, 1.807) is 0 Å². The van der Waals surface area contributed by atoms with E-state index < -0.39 is 0 Å². The van der Waals surface area contributed by atoms with Crippen molar-refractivity contribution in [3.8, 4) is 0 Å². The van der Waals surface area contributed by atoms with Crippen LogP contribution in [0.25, 0.3) is 0 Å². The van der Waals surface area contributed by atoms with Crippen molar-refractivity contribution in [2.75, 3.05) is 6.54 Å². The van der Waals surface area contributed by atoms with Gasteiger partial charge in [-0.1, -0.05) is 18.2 Å². The van der Waals surface area contributed by atoms with Crippen molar-refractivity contribution in [1.82, 2.24) is 0 Å². The van der Waals surface area contributed by atoms with Crippen LogP contribution >= 0.6 is 0 Å². The summed E-state index contributed by atoms with van der Waals surface area (Å²) in [5.74, 6) is 0. The first-order chi connectivity index (χ1) is 6.75. The molecule has 1 aromatic rings. The number of fused-ring (bicyclic) bond motifs is 1. The largest absolute Gasteiger partial charge is 0.265 e. The quantitative estimate of drug-likeness (QED) is 0.541. The van der Waals surface area contributed by atoms with E-state index in [2.05, 4.69) is 12.1 Å². The molecule has 3 heteroatoms. The van der Waals surface area contributed by atoms with Gasteiger partial charge >= 0.3 is 0 Å². The van der Waals surface area contributed by atoms with Gasteiger partial charge in [0.1, 0.15) is 0 Å². The van der Waals surface area contributed by atoms with Crippen LogP contribution in [-0.4, -0.2) is 11.5 Å². The smallest absolute Gasteiger partial charge is 0.207 e. The topological polar surface area (TPSA) is 43.1 Å². The SMILES string of the molecule is O=[N+]([O-])CCc1ccc2c(c1)CCC2. The van der Waals surface area contributed by atoms with Crippen LogP contribution in [0.1, 0.15) is 23.1 Å². The fourth-order valence-corrected chi connectivity index (χ4v) is 2.00. The minimum atomic E-state index is -0.257. The van der Waals surface area contributed by atoms with Gasteiger partial charge in [0.2, 0.25) is 6.54 Å². The molecule has 14 heavy (non-hydrogen) atoms. The Labute approximate surface area is 82.9 Å². The first-order valence-electron chi connectivity index (χ1n) is 4.98. The Bertz CT molecular complexity index is 360. The summed E-state index contributed by atoms with van der Waals surface area (Å²) in [6.07, 6.45) is 4.10. The number of hydrogen-bond acceptors (Lipinski definition) is 2. The predicted molar refractivity (Wildman–Crippen MR) is 54.0 cm³/mol. The van der Waals surface area contributed by atoms with Crippen molar-refractivity contribution < 1.29 is 4.92 Å². The molecule has 0 saturated carbocycles. The molecular weight excluding hydrogens is 178 g/mol. The van der Waals surface area contributed by atoms with Gasteiger partial charge in [-0.05, 0) is 36.0 Å². The minimum Gasteiger partial charge on any atom is -0.265 e. The third kappa shape index (κ3) is 1.92. The molecule has 0 spiro atoms. The van der Waals surface area contributed by atoms with E-state index in [0.29, 0.717) is 6.42 Å². The highest BCUT2D eigenvalue weighted by Gasteiger charge is 2.11. The van der Waals surface area contributed by atoms with E-state index in [1.165, 1.54) is 24.0 Å². The first-order valence-corrected chi connectivity index (χ1v) is 4.98. The molecule has 2 rings (SSSR count). The summed E-state index contributed by atoms with van der Waals surface area (Å²) in [5.41, 5.74) is 3.92. The van der Waals surface area contributed by atoms with Crippen LogP contribution in [0.3, 0.4) is 0 Å². The Kier molecular flexibility index (Phi) is 2.48. The molecule has 3 nitrogen and oxygen atoms in total. The highest BCUT2D eigenvalue weighted by Crippen LogP contribution is 2.22. The molecule has 1 aliphatic carbocycles. The number of rotatable bonds is 3. The molecule has 0 aromatic heterocycles. The van der Waals surface area contributed by atoms with Crippen LogP contribution in [0.5, 0.6) is 0 Å². The number of benzene rings is 1. The summed E-state index contributed by atoms with van der Waals surface area (Å²) in [6, 6.07) is 6.27. The predicted octanol–water partition coefficient (Wildman–Crippen LogP) is 1.99. The fraction of sp³-hybridized carbons (Fsp3) is 0.455. The van der Waals surface area contributed by atoms with Gasteiger partial charge in [-0.2, -0.15) is 0 Å². The molecule has 0 saturated heterocycles. The molecule has 0 aliphatic heterocycles. The van der Waals surface area contributed by atoms with Crippen molar-refractivity contribution in [1.29, 1.82) is 0 Å². The summed E-state index contributed by atoms with van der Waals surface area (Å²) in [4.78, 5) is 9.96. The maximum atomic E-state index is 10.2. The minimum absolute atomic E-state index is 0.0405. The van der Waals surface area contributed by atoms with E-state index >= 15 is 0 Å². The lowest BCUT2D eigenvalue weighted by atomic mass is 10.0. The highest BCUT2D eigenvalue weighted by atomic mass is 16.6. The van der Waals surface area contributed by atoms with Crippen molar-refractivity contribution >= 4 is 0 Å². The number of aryl methyl sites for hydroxylation is 2. The molecule has 0 atom stereocenters. The molecule has 74 valence electrons. The zero-order valence-corrected chi connectivity index (χ0v) is 8.03. The van der Waals surface area contributed by atoms with Crippen molar-refractivity contribution in [3.05, 3.63) is 45.0 Å². The van der Waals surface area contributed by atoms with Crippen LogP contribution in [0, 0.1) is 10.1 Å². The molecule has 1 aliphatic rings. The molecule has 0 amide bonds. The van der Waals surface area contributed by atoms with Gasteiger partial charge in [-0.25, -0.2) is 0 Å². The van der Waals surface area contributed by atoms with Crippen LogP contribution in [0.4, 0.5) is 0 Å². The second-order valence-corrected chi connectivity index (χ2v) is 3.76. The molecule has 0 fully saturated rings. The summed E-state index contributed by atoms with van der Waals surface area (Å²) in [6.45, 7) is 0.0405. The standard InChI is InChI=1S/C11H13NO2/c13-12(14)7-6-9-4-5-10-2-1-3-11(10)8-9/h4-5,8H,1-3,6-7H2. The maximum absolute atomic E-state index is 10.2. The molecule has 0 radical (unpaired) electrons. The third-order valence-electron chi connectivity index (χ3n) is 2.75. The lowest BCUT2D eigenvalue weighted by Crippen LogP contribution is -2.04. The van der Waals surface area contributed by atoms with E-state index in [0.717, 1.165) is 12.0 Å². The molecular formula is C11H13NO2. The molecule has 0 bridgehead atoms. The summed E-state index contributed by atoms with van der Waals surface area (Å²) < 4.78 is 0. The van der Waals surface area contributed by atoms with Gasteiger partial charge in [0, 0.05) is 11.3 Å². The molecule has 0 N–H and O–H groups in total. The average Bonchev–Trinajstić information content (AvgIpc) is 2.61. The Hall–Kier alpha value is -1.38. The van der Waals surface area contributed by atoms with Crippen LogP contribution in [0.2, 0.25) is 0 Å². The van der Waals surface area contributed by atoms with Gasteiger partial charge in [-0.3, -0.25) is 10.1 Å². The van der Waals surface area contributed by atoms with Crippen molar-refractivity contribution in [2.24, 2.45) is 0 Å². The van der Waals surface area contributed by atoms with Crippen LogP contribution in [-0.2, 0) is 19.3 Å². The number of nitro groups is 1. The third-order valence-corrected chi connectivity index (χ3v) is 2.75. The van der Waals surface area contributed by atoms with Gasteiger partial charge in [0.15, 0.2) is 0 Å². The van der Waals surface area contributed by atoms with Crippen LogP contribution < -0.4 is 0 Å². The Balaban J connectivity index is 2.09. The molecule has 1 aromatic carbocycles. The number of hydrogen-bond donors (Lipinski definition) is 0. The second-order valence-electron chi connectivity index (χ2n) is 3.76. The van der Waals surface area contributed by atoms with E-state index in [1.807, 2.05) is 6.07 Å². The average molecular weight is 191 g/mol. The highest BCUT2D eigenvalue weighted by molar-refractivity contribution is 5.35. The lowest BCUT2D eigenvalue weighted by Gasteiger charge is -2.02. The maximum Gasteiger partial charge on any atom is 0.207 e. The lowest BCUT2D eigenvalue weighted by molar-refractivity contribution is -0.479. The monoisotopic (exact) mass is 191 g/mol. The number of nitrogens with zero attached hydrogens (tertiary/aromatic N) is 1. The molecule has 0 heterocycles. The Morgan fingerprint density at radius 3 is 2.86 bits per heavy atom. The zero-order valence-electron chi connectivity index (χ0n) is 8.03. The Morgan fingerprint density at radius 2 is 2.07 bits per heavy atom. The second kappa shape index (κ2) is 3.78. The van der Waals surface area contributed by atoms with Crippen molar-refractivity contribution in [3.63, 3.8) is 0 Å².